The molecule has 1 aliphatic carbocycles. The van der Waals surface area contributed by atoms with E-state index in [1.54, 1.807) is 13.1 Å². The number of hydrogen-bond donors (Lipinski definition) is 2. The quantitative estimate of drug-likeness (QED) is 0.868. The molecule has 7 heteroatoms. The number of carbonyl (C=O) groups excluding carboxylic acids is 1. The number of aromatic nitrogens is 3. The van der Waals surface area contributed by atoms with Crippen LogP contribution in [0.5, 0.6) is 5.75 Å². The SMILES string of the molecule is C[C@@H]1CCc2c1c(O)c(C(=O)Nc1ncccn1)c(=O)n2C. The highest BCUT2D eigenvalue weighted by Gasteiger charge is 2.31. The summed E-state index contributed by atoms with van der Waals surface area (Å²) in [4.78, 5) is 32.5. The van der Waals surface area contributed by atoms with Gasteiger partial charge in [0, 0.05) is 30.7 Å². The maximum absolute atomic E-state index is 12.4. The van der Waals surface area contributed by atoms with Crippen molar-refractivity contribution in [3.05, 3.63) is 45.6 Å². The zero-order chi connectivity index (χ0) is 15.9. The first-order chi connectivity index (χ1) is 10.5. The molecule has 3 rings (SSSR count). The first-order valence-corrected chi connectivity index (χ1v) is 7.03. The normalized spacial score (nSPS) is 16.4. The van der Waals surface area contributed by atoms with Gasteiger partial charge in [-0.2, -0.15) is 0 Å². The van der Waals surface area contributed by atoms with Crippen molar-refractivity contribution in [2.75, 3.05) is 5.32 Å². The van der Waals surface area contributed by atoms with Crippen molar-refractivity contribution in [3.8, 4) is 5.75 Å². The number of amides is 1. The van der Waals surface area contributed by atoms with Gasteiger partial charge in [-0.05, 0) is 24.8 Å². The molecule has 0 bridgehead atoms. The van der Waals surface area contributed by atoms with Crippen molar-refractivity contribution in [2.24, 2.45) is 7.05 Å². The van der Waals surface area contributed by atoms with Crippen LogP contribution in [0.25, 0.3) is 0 Å². The Morgan fingerprint density at radius 3 is 2.77 bits per heavy atom. The maximum atomic E-state index is 12.4. The molecule has 2 heterocycles. The molecule has 0 aromatic carbocycles. The van der Waals surface area contributed by atoms with Gasteiger partial charge in [-0.15, -0.1) is 0 Å². The van der Waals surface area contributed by atoms with Crippen molar-refractivity contribution < 1.29 is 9.90 Å². The fraction of sp³-hybridized carbons (Fsp3) is 0.333. The summed E-state index contributed by atoms with van der Waals surface area (Å²) in [5, 5.41) is 12.9. The topological polar surface area (TPSA) is 97.1 Å². The van der Waals surface area contributed by atoms with E-state index in [4.69, 9.17) is 0 Å². The molecule has 2 N–H and O–H groups in total. The van der Waals surface area contributed by atoms with E-state index in [-0.39, 0.29) is 23.2 Å². The molecule has 1 atom stereocenters. The van der Waals surface area contributed by atoms with Crippen LogP contribution in [0.2, 0.25) is 0 Å². The lowest BCUT2D eigenvalue weighted by Crippen LogP contribution is -2.30. The highest BCUT2D eigenvalue weighted by Crippen LogP contribution is 2.38. The van der Waals surface area contributed by atoms with Gasteiger partial charge in [0.05, 0.1) is 0 Å². The van der Waals surface area contributed by atoms with E-state index in [1.165, 1.54) is 17.0 Å². The van der Waals surface area contributed by atoms with Gasteiger partial charge in [-0.3, -0.25) is 14.9 Å². The van der Waals surface area contributed by atoms with Crippen LogP contribution in [0.1, 0.15) is 40.9 Å². The Morgan fingerprint density at radius 2 is 2.09 bits per heavy atom. The summed E-state index contributed by atoms with van der Waals surface area (Å²) in [7, 11) is 1.62. The summed E-state index contributed by atoms with van der Waals surface area (Å²) in [6.45, 7) is 1.97. The Morgan fingerprint density at radius 1 is 1.41 bits per heavy atom. The van der Waals surface area contributed by atoms with Crippen LogP contribution < -0.4 is 10.9 Å². The van der Waals surface area contributed by atoms with Crippen molar-refractivity contribution in [1.29, 1.82) is 0 Å². The minimum atomic E-state index is -0.703. The van der Waals surface area contributed by atoms with Gasteiger partial charge < -0.3 is 9.67 Å². The maximum Gasteiger partial charge on any atom is 0.267 e. The summed E-state index contributed by atoms with van der Waals surface area (Å²) < 4.78 is 1.44. The zero-order valence-electron chi connectivity index (χ0n) is 12.3. The summed E-state index contributed by atoms with van der Waals surface area (Å²) >= 11 is 0. The highest BCUT2D eigenvalue weighted by molar-refractivity contribution is 6.05. The average Bonchev–Trinajstić information content (AvgIpc) is 2.88. The van der Waals surface area contributed by atoms with Gasteiger partial charge >= 0.3 is 0 Å². The highest BCUT2D eigenvalue weighted by atomic mass is 16.3. The largest absolute Gasteiger partial charge is 0.507 e. The third-order valence-corrected chi connectivity index (χ3v) is 4.05. The van der Waals surface area contributed by atoms with Gasteiger partial charge in [-0.25, -0.2) is 9.97 Å². The van der Waals surface area contributed by atoms with Crippen LogP contribution in [0.4, 0.5) is 5.95 Å². The van der Waals surface area contributed by atoms with Gasteiger partial charge in [-0.1, -0.05) is 6.92 Å². The summed E-state index contributed by atoms with van der Waals surface area (Å²) in [5.41, 5.74) is 0.699. The number of fused-ring (bicyclic) bond motifs is 1. The third kappa shape index (κ3) is 2.14. The fourth-order valence-corrected chi connectivity index (χ4v) is 2.89. The molecule has 0 radical (unpaired) electrons. The molecule has 114 valence electrons. The van der Waals surface area contributed by atoms with E-state index in [0.717, 1.165) is 18.5 Å². The molecule has 0 spiro atoms. The molecule has 0 aliphatic heterocycles. The molecule has 0 fully saturated rings. The molecule has 0 saturated carbocycles. The molecular formula is C15H16N4O3. The first kappa shape index (κ1) is 14.2. The average molecular weight is 300 g/mol. The lowest BCUT2D eigenvalue weighted by Gasteiger charge is -2.14. The molecular weight excluding hydrogens is 284 g/mol. The number of pyridine rings is 1. The number of aromatic hydroxyl groups is 1. The smallest absolute Gasteiger partial charge is 0.267 e. The van der Waals surface area contributed by atoms with E-state index in [9.17, 15) is 14.7 Å². The predicted molar refractivity (Wildman–Crippen MR) is 80.1 cm³/mol. The van der Waals surface area contributed by atoms with E-state index < -0.39 is 11.5 Å². The molecule has 22 heavy (non-hydrogen) atoms. The second-order valence-corrected chi connectivity index (χ2v) is 5.41. The third-order valence-electron chi connectivity index (χ3n) is 4.05. The summed E-state index contributed by atoms with van der Waals surface area (Å²) in [5.74, 6) is -0.730. The number of carbonyl (C=O) groups is 1. The number of nitrogens with one attached hydrogen (secondary N) is 1. The second kappa shape index (κ2) is 5.25. The van der Waals surface area contributed by atoms with Crippen LogP contribution >= 0.6 is 0 Å². The summed E-state index contributed by atoms with van der Waals surface area (Å²) in [6.07, 6.45) is 4.53. The van der Waals surface area contributed by atoms with E-state index >= 15 is 0 Å². The van der Waals surface area contributed by atoms with Gasteiger partial charge in [0.2, 0.25) is 5.95 Å². The van der Waals surface area contributed by atoms with Crippen LogP contribution in [-0.2, 0) is 13.5 Å². The standard InChI is InChI=1S/C15H16N4O3/c1-8-4-5-9-10(8)12(20)11(14(22)19(9)2)13(21)18-15-16-6-3-7-17-15/h3,6-8,20H,4-5H2,1-2H3,(H,16,17,18,21)/t8-/m1/s1. The minimum absolute atomic E-state index is 0.0856. The Balaban J connectivity index is 2.08. The number of rotatable bonds is 2. The number of nitrogens with zero attached hydrogens (tertiary/aromatic N) is 3. The molecule has 2 aromatic rings. The molecule has 1 aliphatic rings. The Kier molecular flexibility index (Phi) is 3.40. The van der Waals surface area contributed by atoms with Gasteiger partial charge in [0.1, 0.15) is 11.3 Å². The Labute approximate surface area is 126 Å². The fourth-order valence-electron chi connectivity index (χ4n) is 2.89. The minimum Gasteiger partial charge on any atom is -0.507 e. The van der Waals surface area contributed by atoms with Crippen LogP contribution in [-0.4, -0.2) is 25.5 Å². The Bertz CT molecular complexity index is 799. The molecule has 2 aromatic heterocycles. The van der Waals surface area contributed by atoms with E-state index in [2.05, 4.69) is 15.3 Å². The van der Waals surface area contributed by atoms with E-state index in [1.807, 2.05) is 6.92 Å². The van der Waals surface area contributed by atoms with Crippen LogP contribution in [0, 0.1) is 0 Å². The molecule has 1 amide bonds. The molecule has 7 nitrogen and oxygen atoms in total. The number of hydrogen-bond acceptors (Lipinski definition) is 5. The lowest BCUT2D eigenvalue weighted by atomic mass is 10.0. The summed E-state index contributed by atoms with van der Waals surface area (Å²) in [6, 6.07) is 1.61. The molecule has 0 unspecified atom stereocenters. The number of anilines is 1. The van der Waals surface area contributed by atoms with Gasteiger partial charge in [0.25, 0.3) is 11.5 Å². The van der Waals surface area contributed by atoms with Crippen molar-refractivity contribution in [3.63, 3.8) is 0 Å². The van der Waals surface area contributed by atoms with E-state index in [0.29, 0.717) is 5.56 Å². The van der Waals surface area contributed by atoms with Crippen molar-refractivity contribution in [1.82, 2.24) is 14.5 Å². The monoisotopic (exact) mass is 300 g/mol. The van der Waals surface area contributed by atoms with Crippen molar-refractivity contribution in [2.45, 2.75) is 25.7 Å². The lowest BCUT2D eigenvalue weighted by molar-refractivity contribution is 0.102. The first-order valence-electron chi connectivity index (χ1n) is 7.03. The van der Waals surface area contributed by atoms with Crippen molar-refractivity contribution >= 4 is 11.9 Å². The van der Waals surface area contributed by atoms with Crippen LogP contribution in [0.3, 0.4) is 0 Å². The van der Waals surface area contributed by atoms with Crippen LogP contribution in [0.15, 0.2) is 23.3 Å². The Hall–Kier alpha value is -2.70. The second-order valence-electron chi connectivity index (χ2n) is 5.41. The predicted octanol–water partition coefficient (Wildman–Crippen LogP) is 1.18. The van der Waals surface area contributed by atoms with Gasteiger partial charge in [0.15, 0.2) is 0 Å². The molecule has 0 saturated heterocycles. The zero-order valence-corrected chi connectivity index (χ0v) is 12.3.